The summed E-state index contributed by atoms with van der Waals surface area (Å²) in [6.45, 7) is 3.95. The fourth-order valence-corrected chi connectivity index (χ4v) is 1.67. The van der Waals surface area contributed by atoms with E-state index in [0.717, 1.165) is 19.3 Å². The van der Waals surface area contributed by atoms with Gasteiger partial charge in [-0.2, -0.15) is 0 Å². The highest BCUT2D eigenvalue weighted by molar-refractivity contribution is 7.91. The van der Waals surface area contributed by atoms with E-state index in [1.54, 1.807) is 6.92 Å². The van der Waals surface area contributed by atoms with E-state index in [4.69, 9.17) is 0 Å². The minimum Gasteiger partial charge on any atom is -0.229 e. The van der Waals surface area contributed by atoms with E-state index in [2.05, 4.69) is 6.92 Å². The molecule has 0 fully saturated rings. The van der Waals surface area contributed by atoms with Gasteiger partial charge < -0.3 is 0 Å². The monoisotopic (exact) mass is 192 g/mol. The first-order valence-corrected chi connectivity index (χ1v) is 6.62. The van der Waals surface area contributed by atoms with Gasteiger partial charge in [-0.25, -0.2) is 8.42 Å². The summed E-state index contributed by atoms with van der Waals surface area (Å²) in [7, 11) is -2.79. The molecule has 0 rings (SSSR count). The Bertz CT molecular complexity index is 195. The first-order valence-electron chi connectivity index (χ1n) is 4.67. The maximum atomic E-state index is 11.0. The van der Waals surface area contributed by atoms with Gasteiger partial charge >= 0.3 is 0 Å². The molecule has 2 nitrogen and oxygen atoms in total. The topological polar surface area (TPSA) is 34.1 Å². The fraction of sp³-hybridized carbons (Fsp3) is 1.00. The van der Waals surface area contributed by atoms with Crippen molar-refractivity contribution in [3.63, 3.8) is 0 Å². The lowest BCUT2D eigenvalue weighted by molar-refractivity contribution is 0.568. The number of rotatable bonds is 6. The van der Waals surface area contributed by atoms with Gasteiger partial charge in [0.2, 0.25) is 0 Å². The van der Waals surface area contributed by atoms with Crippen molar-refractivity contribution in [1.29, 1.82) is 0 Å². The lowest BCUT2D eigenvalue weighted by Gasteiger charge is -2.07. The third kappa shape index (κ3) is 5.58. The predicted octanol–water partition coefficient (Wildman–Crippen LogP) is 2.39. The van der Waals surface area contributed by atoms with Crippen LogP contribution in [0.25, 0.3) is 0 Å². The summed E-state index contributed by atoms with van der Waals surface area (Å²) in [5.74, 6) is 0. The minimum absolute atomic E-state index is 0.158. The molecule has 1 atom stereocenters. The first-order chi connectivity index (χ1) is 5.48. The summed E-state index contributed by atoms with van der Waals surface area (Å²) < 4.78 is 22.0. The Labute approximate surface area is 76.3 Å². The average Bonchev–Trinajstić information content (AvgIpc) is 1.96. The molecule has 0 aliphatic heterocycles. The van der Waals surface area contributed by atoms with E-state index in [1.165, 1.54) is 19.1 Å². The van der Waals surface area contributed by atoms with Crippen LogP contribution in [0.5, 0.6) is 0 Å². The molecule has 0 saturated heterocycles. The third-order valence-electron chi connectivity index (χ3n) is 2.20. The molecule has 0 radical (unpaired) electrons. The van der Waals surface area contributed by atoms with E-state index in [0.29, 0.717) is 0 Å². The maximum absolute atomic E-state index is 11.0. The molecule has 0 saturated carbocycles. The Hall–Kier alpha value is -0.0500. The van der Waals surface area contributed by atoms with Crippen LogP contribution in [-0.4, -0.2) is 19.9 Å². The molecule has 12 heavy (non-hydrogen) atoms. The van der Waals surface area contributed by atoms with Gasteiger partial charge in [0.15, 0.2) is 0 Å². The third-order valence-corrected chi connectivity index (χ3v) is 3.89. The van der Waals surface area contributed by atoms with Crippen LogP contribution < -0.4 is 0 Å². The van der Waals surface area contributed by atoms with Gasteiger partial charge in [0, 0.05) is 6.26 Å². The molecule has 1 unspecified atom stereocenters. The Balaban J connectivity index is 3.52. The van der Waals surface area contributed by atoms with Crippen molar-refractivity contribution >= 4 is 9.84 Å². The van der Waals surface area contributed by atoms with Crippen LogP contribution in [0.2, 0.25) is 0 Å². The van der Waals surface area contributed by atoms with Crippen LogP contribution in [0, 0.1) is 0 Å². The number of sulfone groups is 1. The molecular weight excluding hydrogens is 172 g/mol. The zero-order valence-electron chi connectivity index (χ0n) is 8.34. The highest BCUT2D eigenvalue weighted by Gasteiger charge is 2.13. The highest BCUT2D eigenvalue weighted by Crippen LogP contribution is 2.10. The lowest BCUT2D eigenvalue weighted by Crippen LogP contribution is -2.15. The van der Waals surface area contributed by atoms with Gasteiger partial charge in [-0.1, -0.05) is 32.6 Å². The summed E-state index contributed by atoms with van der Waals surface area (Å²) >= 11 is 0. The van der Waals surface area contributed by atoms with E-state index in [9.17, 15) is 8.42 Å². The first kappa shape index (κ1) is 11.9. The van der Waals surface area contributed by atoms with Gasteiger partial charge in [0.05, 0.1) is 5.25 Å². The summed E-state index contributed by atoms with van der Waals surface area (Å²) in [6.07, 6.45) is 6.76. The normalized spacial score (nSPS) is 14.6. The van der Waals surface area contributed by atoms with Crippen molar-refractivity contribution in [3.8, 4) is 0 Å². The van der Waals surface area contributed by atoms with Gasteiger partial charge in [0.25, 0.3) is 0 Å². The molecule has 74 valence electrons. The summed E-state index contributed by atoms with van der Waals surface area (Å²) in [5.41, 5.74) is 0. The van der Waals surface area contributed by atoms with Crippen LogP contribution in [0.1, 0.15) is 46.0 Å². The van der Waals surface area contributed by atoms with Crippen molar-refractivity contribution in [1.82, 2.24) is 0 Å². The van der Waals surface area contributed by atoms with Crippen molar-refractivity contribution in [3.05, 3.63) is 0 Å². The van der Waals surface area contributed by atoms with Crippen LogP contribution in [-0.2, 0) is 9.84 Å². The molecule has 0 N–H and O–H groups in total. The molecule has 3 heteroatoms. The second-order valence-electron chi connectivity index (χ2n) is 3.49. The lowest BCUT2D eigenvalue weighted by atomic mass is 10.1. The Morgan fingerprint density at radius 3 is 2.17 bits per heavy atom. The van der Waals surface area contributed by atoms with E-state index < -0.39 is 9.84 Å². The molecular formula is C9H20O2S. The SMILES string of the molecule is CCCCCCC(C)S(C)(=O)=O. The largest absolute Gasteiger partial charge is 0.229 e. The second-order valence-corrected chi connectivity index (χ2v) is 5.95. The van der Waals surface area contributed by atoms with Gasteiger partial charge in [-0.15, -0.1) is 0 Å². The van der Waals surface area contributed by atoms with Crippen molar-refractivity contribution < 1.29 is 8.42 Å². The van der Waals surface area contributed by atoms with Crippen molar-refractivity contribution in [2.45, 2.75) is 51.2 Å². The Morgan fingerprint density at radius 1 is 1.17 bits per heavy atom. The molecule has 0 aromatic heterocycles. The zero-order valence-corrected chi connectivity index (χ0v) is 9.15. The van der Waals surface area contributed by atoms with E-state index in [-0.39, 0.29) is 5.25 Å². The summed E-state index contributed by atoms with van der Waals surface area (Å²) in [6, 6.07) is 0. The second kappa shape index (κ2) is 5.57. The zero-order chi connectivity index (χ0) is 9.61. The van der Waals surface area contributed by atoms with E-state index in [1.807, 2.05) is 0 Å². The van der Waals surface area contributed by atoms with Gasteiger partial charge in [-0.05, 0) is 13.3 Å². The fourth-order valence-electron chi connectivity index (χ4n) is 1.07. The van der Waals surface area contributed by atoms with Crippen LogP contribution in [0.4, 0.5) is 0 Å². The van der Waals surface area contributed by atoms with Crippen LogP contribution in [0.15, 0.2) is 0 Å². The molecule has 0 amide bonds. The molecule has 0 aliphatic carbocycles. The average molecular weight is 192 g/mol. The van der Waals surface area contributed by atoms with Crippen molar-refractivity contribution in [2.75, 3.05) is 6.26 Å². The van der Waals surface area contributed by atoms with Gasteiger partial charge in [0.1, 0.15) is 9.84 Å². The number of hydrogen-bond donors (Lipinski definition) is 0. The molecule has 0 aromatic carbocycles. The van der Waals surface area contributed by atoms with Crippen LogP contribution >= 0.6 is 0 Å². The van der Waals surface area contributed by atoms with E-state index >= 15 is 0 Å². The molecule has 0 spiro atoms. The maximum Gasteiger partial charge on any atom is 0.150 e. The number of hydrogen-bond acceptors (Lipinski definition) is 2. The molecule has 0 heterocycles. The summed E-state index contributed by atoms with van der Waals surface area (Å²) in [5, 5.41) is -0.158. The molecule has 0 bridgehead atoms. The van der Waals surface area contributed by atoms with Crippen molar-refractivity contribution in [2.24, 2.45) is 0 Å². The van der Waals surface area contributed by atoms with Gasteiger partial charge in [-0.3, -0.25) is 0 Å². The minimum atomic E-state index is -2.79. The standard InChI is InChI=1S/C9H20O2S/c1-4-5-6-7-8-9(2)12(3,10)11/h9H,4-8H2,1-3H3. The molecule has 0 aliphatic rings. The quantitative estimate of drug-likeness (QED) is 0.606. The summed E-state index contributed by atoms with van der Waals surface area (Å²) in [4.78, 5) is 0. The predicted molar refractivity (Wildman–Crippen MR) is 53.1 cm³/mol. The smallest absolute Gasteiger partial charge is 0.150 e. The molecule has 0 aromatic rings. The number of unbranched alkanes of at least 4 members (excludes halogenated alkanes) is 3. The Kier molecular flexibility index (Phi) is 5.55. The van der Waals surface area contributed by atoms with Crippen LogP contribution in [0.3, 0.4) is 0 Å². The Morgan fingerprint density at radius 2 is 1.75 bits per heavy atom. The highest BCUT2D eigenvalue weighted by atomic mass is 32.2.